The van der Waals surface area contributed by atoms with Gasteiger partial charge in [0.05, 0.1) is 19.8 Å². The number of aliphatic hydroxyl groups excluding tert-OH is 3. The van der Waals surface area contributed by atoms with Gasteiger partial charge in [0.2, 0.25) is 5.91 Å². The van der Waals surface area contributed by atoms with E-state index < -0.39 is 30.8 Å². The number of amides is 1. The molecule has 6 nitrogen and oxygen atoms in total. The van der Waals surface area contributed by atoms with Gasteiger partial charge < -0.3 is 26.0 Å². The van der Waals surface area contributed by atoms with Crippen molar-refractivity contribution in [2.24, 2.45) is 5.41 Å². The molecule has 0 aromatic heterocycles. The van der Waals surface area contributed by atoms with Crippen LogP contribution in [0.3, 0.4) is 0 Å². The highest BCUT2D eigenvalue weighted by Gasteiger charge is 2.39. The number of nitrogens with one attached hydrogen (secondary N) is 2. The third-order valence-corrected chi connectivity index (χ3v) is 3.54. The summed E-state index contributed by atoms with van der Waals surface area (Å²) >= 11 is 0. The SMILES string of the molecule is CC1(C(=O)NC(CO)(CO)CO)CCNCC1. The van der Waals surface area contributed by atoms with Crippen molar-refractivity contribution in [1.82, 2.24) is 10.6 Å². The van der Waals surface area contributed by atoms with E-state index in [2.05, 4.69) is 10.6 Å². The van der Waals surface area contributed by atoms with E-state index in [1.165, 1.54) is 0 Å². The van der Waals surface area contributed by atoms with E-state index in [0.717, 1.165) is 13.1 Å². The van der Waals surface area contributed by atoms with Crippen LogP contribution in [0.4, 0.5) is 0 Å². The molecule has 1 fully saturated rings. The van der Waals surface area contributed by atoms with Crippen LogP contribution in [0.2, 0.25) is 0 Å². The Kier molecular flexibility index (Phi) is 4.88. The Labute approximate surface area is 101 Å². The van der Waals surface area contributed by atoms with E-state index in [4.69, 9.17) is 15.3 Å². The second kappa shape index (κ2) is 5.77. The lowest BCUT2D eigenvalue weighted by Crippen LogP contribution is -2.60. The van der Waals surface area contributed by atoms with Crippen LogP contribution in [0, 0.1) is 5.41 Å². The van der Waals surface area contributed by atoms with Crippen molar-refractivity contribution in [3.63, 3.8) is 0 Å². The topological polar surface area (TPSA) is 102 Å². The fourth-order valence-corrected chi connectivity index (χ4v) is 1.87. The number of carbonyl (C=O) groups excluding carboxylic acids is 1. The normalized spacial score (nSPS) is 20.0. The highest BCUT2D eigenvalue weighted by atomic mass is 16.3. The average molecular weight is 246 g/mol. The van der Waals surface area contributed by atoms with Crippen LogP contribution < -0.4 is 10.6 Å². The molecule has 0 unspecified atom stereocenters. The fraction of sp³-hybridized carbons (Fsp3) is 0.909. The second-order valence-electron chi connectivity index (χ2n) is 5.02. The number of aliphatic hydroxyl groups is 3. The van der Waals surface area contributed by atoms with Gasteiger partial charge in [-0.3, -0.25) is 4.79 Å². The molecule has 0 radical (unpaired) electrons. The first-order chi connectivity index (χ1) is 8.02. The first-order valence-electron chi connectivity index (χ1n) is 5.88. The quantitative estimate of drug-likeness (QED) is 0.394. The Balaban J connectivity index is 2.69. The van der Waals surface area contributed by atoms with E-state index in [1.54, 1.807) is 0 Å². The van der Waals surface area contributed by atoms with Gasteiger partial charge >= 0.3 is 0 Å². The van der Waals surface area contributed by atoms with Gasteiger partial charge in [0, 0.05) is 5.41 Å². The number of carbonyl (C=O) groups is 1. The molecule has 1 aliphatic rings. The zero-order valence-corrected chi connectivity index (χ0v) is 10.2. The Morgan fingerprint density at radius 1 is 1.24 bits per heavy atom. The van der Waals surface area contributed by atoms with Gasteiger partial charge in [-0.25, -0.2) is 0 Å². The van der Waals surface area contributed by atoms with E-state index in [-0.39, 0.29) is 5.91 Å². The van der Waals surface area contributed by atoms with Gasteiger partial charge in [-0.15, -0.1) is 0 Å². The first-order valence-corrected chi connectivity index (χ1v) is 5.88. The van der Waals surface area contributed by atoms with Crippen molar-refractivity contribution in [3.8, 4) is 0 Å². The maximum absolute atomic E-state index is 12.1. The molecule has 5 N–H and O–H groups in total. The Bertz CT molecular complexity index is 252. The van der Waals surface area contributed by atoms with E-state index in [1.807, 2.05) is 6.92 Å². The molecule has 0 aromatic carbocycles. The molecule has 1 saturated heterocycles. The zero-order valence-electron chi connectivity index (χ0n) is 10.2. The molecule has 6 heteroatoms. The minimum absolute atomic E-state index is 0.226. The van der Waals surface area contributed by atoms with Crippen molar-refractivity contribution >= 4 is 5.91 Å². The summed E-state index contributed by atoms with van der Waals surface area (Å²) in [5.74, 6) is -0.226. The Morgan fingerprint density at radius 2 is 1.71 bits per heavy atom. The predicted molar refractivity (Wildman–Crippen MR) is 62.3 cm³/mol. The van der Waals surface area contributed by atoms with E-state index >= 15 is 0 Å². The molecule has 17 heavy (non-hydrogen) atoms. The molecular weight excluding hydrogens is 224 g/mol. The molecule has 0 spiro atoms. The molecule has 0 aliphatic carbocycles. The van der Waals surface area contributed by atoms with Crippen LogP contribution in [0.5, 0.6) is 0 Å². The summed E-state index contributed by atoms with van der Waals surface area (Å²) in [5.41, 5.74) is -1.83. The van der Waals surface area contributed by atoms with Crippen LogP contribution in [0.25, 0.3) is 0 Å². The lowest BCUT2D eigenvalue weighted by molar-refractivity contribution is -0.136. The Hall–Kier alpha value is -0.690. The minimum atomic E-state index is -1.33. The maximum Gasteiger partial charge on any atom is 0.226 e. The summed E-state index contributed by atoms with van der Waals surface area (Å²) in [6.07, 6.45) is 1.41. The largest absolute Gasteiger partial charge is 0.394 e. The number of hydrogen-bond donors (Lipinski definition) is 5. The van der Waals surface area contributed by atoms with E-state index in [9.17, 15) is 4.79 Å². The van der Waals surface area contributed by atoms with Crippen molar-refractivity contribution < 1.29 is 20.1 Å². The molecule has 1 aliphatic heterocycles. The second-order valence-corrected chi connectivity index (χ2v) is 5.02. The maximum atomic E-state index is 12.1. The van der Waals surface area contributed by atoms with Crippen LogP contribution in [-0.2, 0) is 4.79 Å². The molecule has 0 atom stereocenters. The molecule has 1 heterocycles. The summed E-state index contributed by atoms with van der Waals surface area (Å²) in [5, 5.41) is 33.2. The van der Waals surface area contributed by atoms with Crippen LogP contribution in [-0.4, -0.2) is 59.7 Å². The van der Waals surface area contributed by atoms with Crippen LogP contribution in [0.15, 0.2) is 0 Å². The summed E-state index contributed by atoms with van der Waals surface area (Å²) < 4.78 is 0. The van der Waals surface area contributed by atoms with Crippen molar-refractivity contribution in [3.05, 3.63) is 0 Å². The monoisotopic (exact) mass is 246 g/mol. The smallest absolute Gasteiger partial charge is 0.226 e. The standard InChI is InChI=1S/C11H22N2O4/c1-10(2-4-12-5-3-10)9(17)13-11(6-14,7-15)8-16/h12,14-16H,2-8H2,1H3,(H,13,17). The molecular formula is C11H22N2O4. The zero-order chi connectivity index (χ0) is 12.9. The van der Waals surface area contributed by atoms with Gasteiger partial charge in [0.1, 0.15) is 5.54 Å². The number of piperidine rings is 1. The van der Waals surface area contributed by atoms with Gasteiger partial charge in [-0.05, 0) is 25.9 Å². The lowest BCUT2D eigenvalue weighted by Gasteiger charge is -2.37. The van der Waals surface area contributed by atoms with Crippen molar-refractivity contribution in [2.75, 3.05) is 32.9 Å². The third-order valence-electron chi connectivity index (χ3n) is 3.54. The first kappa shape index (κ1) is 14.4. The molecule has 0 bridgehead atoms. The van der Waals surface area contributed by atoms with Gasteiger partial charge in [0.25, 0.3) is 0 Å². The summed E-state index contributed by atoms with van der Waals surface area (Å²) in [7, 11) is 0. The highest BCUT2D eigenvalue weighted by molar-refractivity contribution is 5.83. The highest BCUT2D eigenvalue weighted by Crippen LogP contribution is 2.28. The van der Waals surface area contributed by atoms with Gasteiger partial charge in [-0.2, -0.15) is 0 Å². The third kappa shape index (κ3) is 3.16. The molecule has 1 rings (SSSR count). The molecule has 1 amide bonds. The molecule has 100 valence electrons. The van der Waals surface area contributed by atoms with E-state index in [0.29, 0.717) is 12.8 Å². The van der Waals surface area contributed by atoms with Gasteiger partial charge in [0.15, 0.2) is 0 Å². The number of hydrogen-bond acceptors (Lipinski definition) is 5. The van der Waals surface area contributed by atoms with Crippen LogP contribution in [0.1, 0.15) is 19.8 Å². The summed E-state index contributed by atoms with van der Waals surface area (Å²) in [6.45, 7) is 1.95. The summed E-state index contributed by atoms with van der Waals surface area (Å²) in [6, 6.07) is 0. The fourth-order valence-electron chi connectivity index (χ4n) is 1.87. The van der Waals surface area contributed by atoms with Crippen molar-refractivity contribution in [1.29, 1.82) is 0 Å². The lowest BCUT2D eigenvalue weighted by atomic mass is 9.79. The summed E-state index contributed by atoms with van der Waals surface area (Å²) in [4.78, 5) is 12.1. The minimum Gasteiger partial charge on any atom is -0.394 e. The van der Waals surface area contributed by atoms with Crippen LogP contribution >= 0.6 is 0 Å². The molecule has 0 aromatic rings. The average Bonchev–Trinajstić information content (AvgIpc) is 2.37. The molecule has 0 saturated carbocycles. The predicted octanol–water partition coefficient (Wildman–Crippen LogP) is -1.79. The van der Waals surface area contributed by atoms with Crippen molar-refractivity contribution in [2.45, 2.75) is 25.3 Å². The van der Waals surface area contributed by atoms with Gasteiger partial charge in [-0.1, -0.05) is 6.92 Å². The Morgan fingerprint density at radius 3 is 2.12 bits per heavy atom. The number of rotatable bonds is 5.